The van der Waals surface area contributed by atoms with Crippen molar-refractivity contribution in [1.82, 2.24) is 9.88 Å². The summed E-state index contributed by atoms with van der Waals surface area (Å²) in [5.74, 6) is 0.831. The second-order valence-electron chi connectivity index (χ2n) is 9.32. The Hall–Kier alpha value is -2.90. The Bertz CT molecular complexity index is 1130. The van der Waals surface area contributed by atoms with Crippen molar-refractivity contribution in [3.63, 3.8) is 0 Å². The standard InChI is InChI=1S/C26H31N5OS/c1-30(2)21-12-14-31(15-13-21)22-10-8-20(9-11-22)28-26-29-25(27)24(33-26)23(32)19-5-3-4-18(16-19)17-6-7-17/h3-5,8-11,16-17,21H,6-7,12-15,27H2,1-2H3,(H,28,29). The van der Waals surface area contributed by atoms with Crippen molar-refractivity contribution in [2.75, 3.05) is 43.1 Å². The first kappa shape index (κ1) is 21.9. The number of carbonyl (C=O) groups is 1. The molecule has 7 heteroatoms. The maximum Gasteiger partial charge on any atom is 0.206 e. The summed E-state index contributed by atoms with van der Waals surface area (Å²) in [6.45, 7) is 2.15. The molecule has 2 heterocycles. The molecule has 2 aromatic carbocycles. The van der Waals surface area contributed by atoms with Crippen LogP contribution in [0, 0.1) is 0 Å². The van der Waals surface area contributed by atoms with Crippen molar-refractivity contribution in [2.24, 2.45) is 0 Å². The number of nitrogens with zero attached hydrogens (tertiary/aromatic N) is 3. The number of ketones is 1. The van der Waals surface area contributed by atoms with E-state index in [2.05, 4.69) is 64.5 Å². The molecule has 0 bridgehead atoms. The highest BCUT2D eigenvalue weighted by molar-refractivity contribution is 7.18. The Labute approximate surface area is 199 Å². The number of hydrogen-bond donors (Lipinski definition) is 2. The fraction of sp³-hybridized carbons (Fsp3) is 0.385. The fourth-order valence-electron chi connectivity index (χ4n) is 4.55. The van der Waals surface area contributed by atoms with E-state index in [1.165, 1.54) is 48.3 Å². The molecule has 1 aromatic heterocycles. The van der Waals surface area contributed by atoms with Crippen LogP contribution in [0.25, 0.3) is 0 Å². The number of rotatable bonds is 7. The molecule has 0 radical (unpaired) electrons. The van der Waals surface area contributed by atoms with Gasteiger partial charge in [-0.2, -0.15) is 0 Å². The molecule has 0 amide bonds. The quantitative estimate of drug-likeness (QED) is 0.477. The summed E-state index contributed by atoms with van der Waals surface area (Å²) in [4.78, 5) is 22.7. The van der Waals surface area contributed by atoms with Crippen LogP contribution in [0.2, 0.25) is 0 Å². The van der Waals surface area contributed by atoms with Crippen LogP contribution in [0.4, 0.5) is 22.3 Å². The van der Waals surface area contributed by atoms with Crippen LogP contribution in [0.15, 0.2) is 48.5 Å². The minimum atomic E-state index is -0.0583. The molecule has 1 saturated heterocycles. The highest BCUT2D eigenvalue weighted by Crippen LogP contribution is 2.40. The summed E-state index contributed by atoms with van der Waals surface area (Å²) in [5.41, 5.74) is 10.2. The van der Waals surface area contributed by atoms with Gasteiger partial charge in [-0.15, -0.1) is 0 Å². The summed E-state index contributed by atoms with van der Waals surface area (Å²) in [6.07, 6.45) is 4.79. The van der Waals surface area contributed by atoms with Crippen LogP contribution in [-0.2, 0) is 0 Å². The number of anilines is 4. The third-order valence-electron chi connectivity index (χ3n) is 6.74. The Morgan fingerprint density at radius 1 is 1.09 bits per heavy atom. The zero-order valence-corrected chi connectivity index (χ0v) is 20.1. The van der Waals surface area contributed by atoms with E-state index in [9.17, 15) is 4.79 Å². The lowest BCUT2D eigenvalue weighted by atomic mass is 10.0. The average molecular weight is 462 g/mol. The third kappa shape index (κ3) is 4.89. The highest BCUT2D eigenvalue weighted by atomic mass is 32.1. The fourth-order valence-corrected chi connectivity index (χ4v) is 5.42. The maximum atomic E-state index is 13.1. The molecule has 6 nitrogen and oxygen atoms in total. The number of carbonyl (C=O) groups excluding carboxylic acids is 1. The molecule has 2 aliphatic rings. The van der Waals surface area contributed by atoms with Gasteiger partial charge in [0.2, 0.25) is 5.78 Å². The topological polar surface area (TPSA) is 74.5 Å². The smallest absolute Gasteiger partial charge is 0.206 e. The SMILES string of the molecule is CN(C)C1CCN(c2ccc(Nc3nc(N)c(C(=O)c4cccc(C5CC5)c4)s3)cc2)CC1. The van der Waals surface area contributed by atoms with Crippen molar-refractivity contribution >= 4 is 39.4 Å². The van der Waals surface area contributed by atoms with Gasteiger partial charge in [0, 0.05) is 36.1 Å². The Morgan fingerprint density at radius 2 is 1.82 bits per heavy atom. The van der Waals surface area contributed by atoms with Gasteiger partial charge in [0.1, 0.15) is 10.7 Å². The molecule has 2 fully saturated rings. The van der Waals surface area contributed by atoms with Crippen molar-refractivity contribution in [3.8, 4) is 0 Å². The van der Waals surface area contributed by atoms with Crippen LogP contribution in [0.5, 0.6) is 0 Å². The van der Waals surface area contributed by atoms with Gasteiger partial charge in [-0.1, -0.05) is 29.5 Å². The Kier molecular flexibility index (Phi) is 6.08. The van der Waals surface area contributed by atoms with E-state index in [1.54, 1.807) is 0 Å². The minimum absolute atomic E-state index is 0.0583. The van der Waals surface area contributed by atoms with Crippen LogP contribution < -0.4 is 16.0 Å². The van der Waals surface area contributed by atoms with E-state index < -0.39 is 0 Å². The highest BCUT2D eigenvalue weighted by Gasteiger charge is 2.25. The van der Waals surface area contributed by atoms with E-state index >= 15 is 0 Å². The van der Waals surface area contributed by atoms with Crippen molar-refractivity contribution < 1.29 is 4.79 Å². The first-order valence-electron chi connectivity index (χ1n) is 11.7. The van der Waals surface area contributed by atoms with E-state index in [4.69, 9.17) is 5.73 Å². The van der Waals surface area contributed by atoms with Crippen molar-refractivity contribution in [3.05, 3.63) is 64.5 Å². The lowest BCUT2D eigenvalue weighted by molar-refractivity contribution is 0.104. The molecular weight excluding hydrogens is 430 g/mol. The lowest BCUT2D eigenvalue weighted by Crippen LogP contribution is -2.41. The normalized spacial score (nSPS) is 16.9. The van der Waals surface area contributed by atoms with Crippen molar-refractivity contribution in [2.45, 2.75) is 37.6 Å². The average Bonchev–Trinajstić information content (AvgIpc) is 3.62. The van der Waals surface area contributed by atoms with Gasteiger partial charge < -0.3 is 20.9 Å². The molecule has 1 saturated carbocycles. The van der Waals surface area contributed by atoms with E-state index in [1.807, 2.05) is 18.2 Å². The Balaban J connectivity index is 1.25. The molecule has 33 heavy (non-hydrogen) atoms. The van der Waals surface area contributed by atoms with Crippen LogP contribution >= 0.6 is 11.3 Å². The first-order chi connectivity index (χ1) is 16.0. The predicted molar refractivity (Wildman–Crippen MR) is 137 cm³/mol. The molecular formula is C26H31N5OS. The largest absolute Gasteiger partial charge is 0.382 e. The van der Waals surface area contributed by atoms with Gasteiger partial charge in [-0.05, 0) is 81.6 Å². The second-order valence-corrected chi connectivity index (χ2v) is 10.3. The number of hydrogen-bond acceptors (Lipinski definition) is 7. The zero-order valence-electron chi connectivity index (χ0n) is 19.3. The number of piperidine rings is 1. The number of benzene rings is 2. The predicted octanol–water partition coefficient (Wildman–Crippen LogP) is 5.11. The van der Waals surface area contributed by atoms with E-state index in [0.29, 0.717) is 27.5 Å². The monoisotopic (exact) mass is 461 g/mol. The van der Waals surface area contributed by atoms with E-state index in [0.717, 1.165) is 18.8 Å². The van der Waals surface area contributed by atoms with Crippen LogP contribution in [-0.4, -0.2) is 48.9 Å². The number of aromatic nitrogens is 1. The first-order valence-corrected chi connectivity index (χ1v) is 12.5. The number of nitrogen functional groups attached to an aromatic ring is 1. The molecule has 0 spiro atoms. The molecule has 0 atom stereocenters. The molecule has 3 aromatic rings. The third-order valence-corrected chi connectivity index (χ3v) is 7.72. The van der Waals surface area contributed by atoms with Crippen molar-refractivity contribution in [1.29, 1.82) is 0 Å². The number of nitrogens with two attached hydrogens (primary N) is 1. The lowest BCUT2D eigenvalue weighted by Gasteiger charge is -2.36. The second kappa shape index (κ2) is 9.15. The summed E-state index contributed by atoms with van der Waals surface area (Å²) < 4.78 is 0. The van der Waals surface area contributed by atoms with Gasteiger partial charge in [0.25, 0.3) is 0 Å². The summed E-state index contributed by atoms with van der Waals surface area (Å²) in [6, 6.07) is 17.0. The maximum absolute atomic E-state index is 13.1. The molecule has 0 unspecified atom stereocenters. The van der Waals surface area contributed by atoms with Gasteiger partial charge >= 0.3 is 0 Å². The van der Waals surface area contributed by atoms with Gasteiger partial charge in [0.15, 0.2) is 5.13 Å². The van der Waals surface area contributed by atoms with Gasteiger partial charge in [-0.3, -0.25) is 4.79 Å². The summed E-state index contributed by atoms with van der Waals surface area (Å²) in [5, 5.41) is 3.95. The van der Waals surface area contributed by atoms with Crippen LogP contribution in [0.1, 0.15) is 52.4 Å². The molecule has 3 N–H and O–H groups in total. The Morgan fingerprint density at radius 3 is 2.48 bits per heavy atom. The van der Waals surface area contributed by atoms with E-state index in [-0.39, 0.29) is 11.6 Å². The van der Waals surface area contributed by atoms with Crippen LogP contribution in [0.3, 0.4) is 0 Å². The van der Waals surface area contributed by atoms with Gasteiger partial charge in [0.05, 0.1) is 0 Å². The molecule has 1 aliphatic heterocycles. The molecule has 172 valence electrons. The zero-order chi connectivity index (χ0) is 22.9. The number of thiazole rings is 1. The summed E-state index contributed by atoms with van der Waals surface area (Å²) >= 11 is 1.31. The summed E-state index contributed by atoms with van der Waals surface area (Å²) in [7, 11) is 4.33. The molecule has 1 aliphatic carbocycles. The molecule has 5 rings (SSSR count). The van der Waals surface area contributed by atoms with Gasteiger partial charge in [-0.25, -0.2) is 4.98 Å². The number of nitrogens with one attached hydrogen (secondary N) is 1. The minimum Gasteiger partial charge on any atom is -0.382 e.